The van der Waals surface area contributed by atoms with Gasteiger partial charge in [-0.2, -0.15) is 0 Å². The summed E-state index contributed by atoms with van der Waals surface area (Å²) in [5.41, 5.74) is 1.85. The molecular weight excluding hydrogens is 395 g/mol. The third-order valence-corrected chi connectivity index (χ3v) is 5.44. The van der Waals surface area contributed by atoms with E-state index in [2.05, 4.69) is 40.2 Å². The Labute approximate surface area is 179 Å². The third kappa shape index (κ3) is 11.3. The fourth-order valence-corrected chi connectivity index (χ4v) is 3.71. The minimum Gasteiger partial charge on any atom is -0.382 e. The van der Waals surface area contributed by atoms with Crippen LogP contribution in [-0.4, -0.2) is 60.9 Å². The summed E-state index contributed by atoms with van der Waals surface area (Å²) in [6, 6.07) is 0.0316. The highest BCUT2D eigenvalue weighted by atomic mass is 19.4. The molecule has 0 spiro atoms. The lowest BCUT2D eigenvalue weighted by atomic mass is 9.92. The maximum atomic E-state index is 12.2. The Bertz CT molecular complexity index is 534. The summed E-state index contributed by atoms with van der Waals surface area (Å²) in [4.78, 5) is 2.35. The number of halogens is 3. The molecule has 1 aliphatic carbocycles. The minimum absolute atomic E-state index is 0.0316. The van der Waals surface area contributed by atoms with Gasteiger partial charge >= 0.3 is 6.36 Å². The summed E-state index contributed by atoms with van der Waals surface area (Å²) in [6.45, 7) is 11.4. The van der Waals surface area contributed by atoms with Gasteiger partial charge in [0.2, 0.25) is 0 Å². The smallest absolute Gasteiger partial charge is 0.382 e. The zero-order chi connectivity index (χ0) is 22.6. The van der Waals surface area contributed by atoms with Crippen molar-refractivity contribution in [1.29, 1.82) is 0 Å². The van der Waals surface area contributed by atoms with E-state index >= 15 is 0 Å². The number of alkyl halides is 3. The number of hydrogen-bond donors (Lipinski definition) is 3. The average molecular weight is 436 g/mol. The molecule has 0 bridgehead atoms. The molecule has 0 aromatic heterocycles. The van der Waals surface area contributed by atoms with Crippen LogP contribution in [0.1, 0.15) is 66.2 Å². The molecule has 0 amide bonds. The number of ether oxygens (including phenoxy) is 1. The third-order valence-electron chi connectivity index (χ3n) is 5.44. The SMILES string of the molecule is CCN(CC)CCCN[C@H](O)C1=CCCC[C@@H]1N/C(C)=C/CC[C@H](C)OC(F)(F)F. The number of aliphatic hydroxyl groups is 1. The van der Waals surface area contributed by atoms with Crippen LogP contribution in [0.4, 0.5) is 13.2 Å². The molecule has 30 heavy (non-hydrogen) atoms. The first-order valence-electron chi connectivity index (χ1n) is 11.2. The largest absolute Gasteiger partial charge is 0.522 e. The molecule has 3 N–H and O–H groups in total. The van der Waals surface area contributed by atoms with Crippen molar-refractivity contribution in [2.75, 3.05) is 26.2 Å². The number of aliphatic hydroxyl groups excluding tert-OH is 1. The van der Waals surface area contributed by atoms with E-state index in [1.807, 2.05) is 13.0 Å². The predicted molar refractivity (Wildman–Crippen MR) is 115 cm³/mol. The van der Waals surface area contributed by atoms with Crippen LogP contribution in [-0.2, 0) is 4.74 Å². The van der Waals surface area contributed by atoms with Gasteiger partial charge in [0.1, 0.15) is 6.23 Å². The van der Waals surface area contributed by atoms with E-state index in [0.717, 1.165) is 63.1 Å². The standard InChI is InChI=1S/C22H40F3N3O2/c1-5-28(6-2)16-10-15-26-21(29)19-13-7-8-14-20(19)27-17(3)11-9-12-18(4)30-22(23,24)25/h11,13,18,20-21,26-27,29H,5-10,12,14-16H2,1-4H3/b17-11+/t18-,20-,21+/m0/s1. The van der Waals surface area contributed by atoms with Crippen LogP contribution >= 0.6 is 0 Å². The van der Waals surface area contributed by atoms with Gasteiger partial charge in [-0.15, -0.1) is 13.2 Å². The van der Waals surface area contributed by atoms with Gasteiger partial charge in [0.15, 0.2) is 0 Å². The maximum absolute atomic E-state index is 12.2. The Balaban J connectivity index is 2.45. The zero-order valence-corrected chi connectivity index (χ0v) is 18.9. The van der Waals surface area contributed by atoms with Crippen molar-refractivity contribution < 1.29 is 23.0 Å². The molecule has 0 heterocycles. The normalized spacial score (nSPS) is 20.2. The quantitative estimate of drug-likeness (QED) is 0.216. The maximum Gasteiger partial charge on any atom is 0.522 e. The molecule has 0 saturated carbocycles. The Morgan fingerprint density at radius 3 is 2.70 bits per heavy atom. The topological polar surface area (TPSA) is 56.8 Å². The molecule has 3 atom stereocenters. The highest BCUT2D eigenvalue weighted by Gasteiger charge is 2.31. The van der Waals surface area contributed by atoms with Gasteiger partial charge in [0, 0.05) is 5.70 Å². The Morgan fingerprint density at radius 1 is 1.37 bits per heavy atom. The van der Waals surface area contributed by atoms with Crippen LogP contribution < -0.4 is 10.6 Å². The highest BCUT2D eigenvalue weighted by molar-refractivity contribution is 5.20. The van der Waals surface area contributed by atoms with Gasteiger partial charge in [-0.1, -0.05) is 26.0 Å². The van der Waals surface area contributed by atoms with E-state index < -0.39 is 18.7 Å². The molecule has 0 aromatic carbocycles. The summed E-state index contributed by atoms with van der Waals surface area (Å²) >= 11 is 0. The van der Waals surface area contributed by atoms with Gasteiger partial charge in [0.05, 0.1) is 12.1 Å². The molecule has 0 radical (unpaired) electrons. The average Bonchev–Trinajstić information content (AvgIpc) is 2.67. The molecule has 0 aliphatic heterocycles. The molecule has 5 nitrogen and oxygen atoms in total. The number of nitrogens with one attached hydrogen (secondary N) is 2. The van der Waals surface area contributed by atoms with Crippen molar-refractivity contribution in [3.63, 3.8) is 0 Å². The second kappa shape index (κ2) is 14.1. The van der Waals surface area contributed by atoms with E-state index in [1.165, 1.54) is 6.92 Å². The Hall–Kier alpha value is -1.09. The van der Waals surface area contributed by atoms with Crippen molar-refractivity contribution in [2.24, 2.45) is 0 Å². The lowest BCUT2D eigenvalue weighted by Gasteiger charge is -2.30. The van der Waals surface area contributed by atoms with Crippen molar-refractivity contribution in [2.45, 2.75) is 91.0 Å². The molecule has 8 heteroatoms. The van der Waals surface area contributed by atoms with Crippen LogP contribution in [0, 0.1) is 0 Å². The first-order valence-corrected chi connectivity index (χ1v) is 11.2. The molecule has 0 fully saturated rings. The lowest BCUT2D eigenvalue weighted by molar-refractivity contribution is -0.340. The van der Waals surface area contributed by atoms with Gasteiger partial charge in [-0.25, -0.2) is 0 Å². The summed E-state index contributed by atoms with van der Waals surface area (Å²) in [7, 11) is 0. The van der Waals surface area contributed by atoms with Gasteiger partial charge in [-0.05, 0) is 84.1 Å². The van der Waals surface area contributed by atoms with Crippen LogP contribution in [0.25, 0.3) is 0 Å². The molecule has 1 rings (SSSR count). The van der Waals surface area contributed by atoms with E-state index in [1.54, 1.807) is 0 Å². The number of hydrogen-bond acceptors (Lipinski definition) is 5. The van der Waals surface area contributed by atoms with E-state index in [0.29, 0.717) is 12.8 Å². The van der Waals surface area contributed by atoms with Crippen LogP contribution in [0.5, 0.6) is 0 Å². The van der Waals surface area contributed by atoms with Crippen molar-refractivity contribution in [3.05, 3.63) is 23.4 Å². The lowest BCUT2D eigenvalue weighted by Crippen LogP contribution is -2.42. The van der Waals surface area contributed by atoms with Crippen LogP contribution in [0.2, 0.25) is 0 Å². The molecular formula is C22H40F3N3O2. The van der Waals surface area contributed by atoms with Gasteiger partial charge < -0.3 is 15.3 Å². The molecule has 0 saturated heterocycles. The number of allylic oxidation sites excluding steroid dienone is 3. The first-order chi connectivity index (χ1) is 14.2. The fraction of sp³-hybridized carbons (Fsp3) is 0.818. The zero-order valence-electron chi connectivity index (χ0n) is 18.9. The predicted octanol–water partition coefficient (Wildman–Crippen LogP) is 4.30. The van der Waals surface area contributed by atoms with Crippen LogP contribution in [0.3, 0.4) is 0 Å². The van der Waals surface area contributed by atoms with Crippen molar-refractivity contribution >= 4 is 0 Å². The van der Waals surface area contributed by atoms with Crippen LogP contribution in [0.15, 0.2) is 23.4 Å². The second-order valence-electron chi connectivity index (χ2n) is 7.91. The molecule has 0 aromatic rings. The Morgan fingerprint density at radius 2 is 2.07 bits per heavy atom. The molecule has 176 valence electrons. The summed E-state index contributed by atoms with van der Waals surface area (Å²) in [6.07, 6.45) is 2.50. The minimum atomic E-state index is -4.59. The van der Waals surface area contributed by atoms with E-state index in [4.69, 9.17) is 0 Å². The summed E-state index contributed by atoms with van der Waals surface area (Å²) in [5.74, 6) is 0. The summed E-state index contributed by atoms with van der Waals surface area (Å²) in [5, 5.41) is 17.3. The van der Waals surface area contributed by atoms with Crippen molar-refractivity contribution in [3.8, 4) is 0 Å². The number of nitrogens with zero attached hydrogens (tertiary/aromatic N) is 1. The molecule has 1 aliphatic rings. The Kier molecular flexibility index (Phi) is 12.6. The second-order valence-corrected chi connectivity index (χ2v) is 7.91. The summed E-state index contributed by atoms with van der Waals surface area (Å²) < 4.78 is 40.6. The number of rotatable bonds is 14. The van der Waals surface area contributed by atoms with Crippen molar-refractivity contribution in [1.82, 2.24) is 15.5 Å². The van der Waals surface area contributed by atoms with Gasteiger partial charge in [0.25, 0.3) is 0 Å². The molecule has 0 unspecified atom stereocenters. The highest BCUT2D eigenvalue weighted by Crippen LogP contribution is 2.23. The van der Waals surface area contributed by atoms with Gasteiger partial charge in [-0.3, -0.25) is 10.1 Å². The fourth-order valence-electron chi connectivity index (χ4n) is 3.71. The van der Waals surface area contributed by atoms with E-state index in [-0.39, 0.29) is 6.04 Å². The monoisotopic (exact) mass is 435 g/mol. The first kappa shape index (κ1) is 26.9. The van der Waals surface area contributed by atoms with E-state index in [9.17, 15) is 18.3 Å².